The van der Waals surface area contributed by atoms with Crippen molar-refractivity contribution < 1.29 is 4.74 Å². The smallest absolute Gasteiger partial charge is 0.118 e. The minimum atomic E-state index is 0.742. The van der Waals surface area contributed by atoms with E-state index in [9.17, 15) is 0 Å². The van der Waals surface area contributed by atoms with E-state index in [1.165, 1.54) is 24.0 Å². The standard InChI is InChI=1S/C25H31NO/c1-5-6-7-22-10-14-24(15-11-22)21(3)9-8-20(2)18-26-19-23-12-16-25(27-4)17-13-23/h8-17,26H,2-3,5-7,18-19H2,1,4H3/b9-8-. The summed E-state index contributed by atoms with van der Waals surface area (Å²) in [5.74, 6) is 0.878. The number of unbranched alkanes of at least 4 members (excludes halogenated alkanes) is 1. The Labute approximate surface area is 164 Å². The van der Waals surface area contributed by atoms with Gasteiger partial charge in [-0.05, 0) is 52.8 Å². The molecule has 0 unspecified atom stereocenters. The van der Waals surface area contributed by atoms with Crippen LogP contribution in [0, 0.1) is 0 Å². The molecule has 0 aliphatic carbocycles. The molecule has 27 heavy (non-hydrogen) atoms. The van der Waals surface area contributed by atoms with Gasteiger partial charge in [-0.25, -0.2) is 0 Å². The molecule has 0 saturated heterocycles. The van der Waals surface area contributed by atoms with Crippen molar-refractivity contribution in [1.29, 1.82) is 0 Å². The molecule has 0 radical (unpaired) electrons. The molecule has 0 amide bonds. The molecule has 2 aromatic carbocycles. The van der Waals surface area contributed by atoms with E-state index in [-0.39, 0.29) is 0 Å². The first kappa shape index (κ1) is 20.7. The summed E-state index contributed by atoms with van der Waals surface area (Å²) in [6, 6.07) is 16.8. The molecule has 0 aliphatic rings. The molecule has 0 aliphatic heterocycles. The van der Waals surface area contributed by atoms with E-state index in [1.807, 2.05) is 24.3 Å². The lowest BCUT2D eigenvalue weighted by atomic mass is 10.0. The number of benzene rings is 2. The summed E-state index contributed by atoms with van der Waals surface area (Å²) in [4.78, 5) is 0. The molecule has 1 N–H and O–H groups in total. The maximum Gasteiger partial charge on any atom is 0.118 e. The highest BCUT2D eigenvalue weighted by Gasteiger charge is 1.98. The molecule has 0 bridgehead atoms. The van der Waals surface area contributed by atoms with Crippen molar-refractivity contribution in [3.8, 4) is 5.75 Å². The van der Waals surface area contributed by atoms with Gasteiger partial charge in [0.2, 0.25) is 0 Å². The van der Waals surface area contributed by atoms with Crippen molar-refractivity contribution in [2.75, 3.05) is 13.7 Å². The Hall–Kier alpha value is -2.58. The summed E-state index contributed by atoms with van der Waals surface area (Å²) < 4.78 is 5.17. The van der Waals surface area contributed by atoms with Crippen LogP contribution in [0.4, 0.5) is 0 Å². The highest BCUT2D eigenvalue weighted by Crippen LogP contribution is 2.16. The molecule has 2 nitrogen and oxygen atoms in total. The van der Waals surface area contributed by atoms with Gasteiger partial charge >= 0.3 is 0 Å². The van der Waals surface area contributed by atoms with E-state index in [1.54, 1.807) is 7.11 Å². The van der Waals surface area contributed by atoms with E-state index in [0.717, 1.165) is 42.0 Å². The lowest BCUT2D eigenvalue weighted by Gasteiger charge is -2.07. The fourth-order valence-electron chi connectivity index (χ4n) is 2.75. The number of nitrogens with one attached hydrogen (secondary N) is 1. The summed E-state index contributed by atoms with van der Waals surface area (Å²) in [6.45, 7) is 12.1. The van der Waals surface area contributed by atoms with E-state index < -0.39 is 0 Å². The monoisotopic (exact) mass is 361 g/mol. The van der Waals surface area contributed by atoms with E-state index >= 15 is 0 Å². The molecule has 2 aromatic rings. The molecule has 0 saturated carbocycles. The highest BCUT2D eigenvalue weighted by molar-refractivity contribution is 5.72. The second-order valence-electron chi connectivity index (χ2n) is 6.77. The third kappa shape index (κ3) is 7.28. The van der Waals surface area contributed by atoms with Gasteiger partial charge < -0.3 is 10.1 Å². The molecule has 0 heterocycles. The van der Waals surface area contributed by atoms with E-state index in [0.29, 0.717) is 0 Å². The largest absolute Gasteiger partial charge is 0.497 e. The Kier molecular flexibility index (Phi) is 8.60. The first-order valence-corrected chi connectivity index (χ1v) is 9.60. The van der Waals surface area contributed by atoms with Crippen LogP contribution in [-0.2, 0) is 13.0 Å². The zero-order valence-corrected chi connectivity index (χ0v) is 16.6. The maximum absolute atomic E-state index is 5.17. The SMILES string of the molecule is C=C(/C=C\C(=C)c1ccc(CCCC)cc1)CNCc1ccc(OC)cc1. The van der Waals surface area contributed by atoms with Crippen molar-refractivity contribution in [2.45, 2.75) is 32.7 Å². The van der Waals surface area contributed by atoms with Crippen LogP contribution in [0.1, 0.15) is 36.5 Å². The number of hydrogen-bond acceptors (Lipinski definition) is 2. The zero-order valence-electron chi connectivity index (χ0n) is 16.6. The lowest BCUT2D eigenvalue weighted by Crippen LogP contribution is -2.15. The van der Waals surface area contributed by atoms with Gasteiger partial charge in [-0.2, -0.15) is 0 Å². The Morgan fingerprint density at radius 1 is 0.963 bits per heavy atom. The van der Waals surface area contributed by atoms with Crippen molar-refractivity contribution in [3.63, 3.8) is 0 Å². The van der Waals surface area contributed by atoms with Crippen molar-refractivity contribution >= 4 is 5.57 Å². The van der Waals surface area contributed by atoms with Crippen LogP contribution < -0.4 is 10.1 Å². The van der Waals surface area contributed by atoms with Gasteiger partial charge in [-0.1, -0.05) is 75.1 Å². The Balaban J connectivity index is 1.76. The van der Waals surface area contributed by atoms with Gasteiger partial charge in [0, 0.05) is 13.1 Å². The van der Waals surface area contributed by atoms with Crippen LogP contribution in [0.2, 0.25) is 0 Å². The Morgan fingerprint density at radius 2 is 1.63 bits per heavy atom. The summed E-state index contributed by atoms with van der Waals surface area (Å²) in [7, 11) is 1.68. The number of ether oxygens (including phenoxy) is 1. The fourth-order valence-corrected chi connectivity index (χ4v) is 2.75. The van der Waals surface area contributed by atoms with Gasteiger partial charge in [0.15, 0.2) is 0 Å². The van der Waals surface area contributed by atoms with Crippen LogP contribution >= 0.6 is 0 Å². The van der Waals surface area contributed by atoms with Crippen LogP contribution in [0.25, 0.3) is 5.57 Å². The molecule has 0 atom stereocenters. The normalized spacial score (nSPS) is 10.9. The number of methoxy groups -OCH3 is 1. The second-order valence-corrected chi connectivity index (χ2v) is 6.77. The zero-order chi connectivity index (χ0) is 19.5. The third-order valence-electron chi connectivity index (χ3n) is 4.50. The lowest BCUT2D eigenvalue weighted by molar-refractivity contribution is 0.414. The number of hydrogen-bond donors (Lipinski definition) is 1. The minimum Gasteiger partial charge on any atom is -0.497 e. The molecule has 2 heteroatoms. The van der Waals surface area contributed by atoms with Gasteiger partial charge in [0.1, 0.15) is 5.75 Å². The molecule has 0 spiro atoms. The van der Waals surface area contributed by atoms with Crippen LogP contribution in [-0.4, -0.2) is 13.7 Å². The Bertz CT molecular complexity index is 754. The fraction of sp³-hybridized carbons (Fsp3) is 0.280. The molecule has 142 valence electrons. The quantitative estimate of drug-likeness (QED) is 0.499. The van der Waals surface area contributed by atoms with Crippen molar-refractivity contribution in [1.82, 2.24) is 5.32 Å². The Morgan fingerprint density at radius 3 is 2.26 bits per heavy atom. The third-order valence-corrected chi connectivity index (χ3v) is 4.50. The summed E-state index contributed by atoms with van der Waals surface area (Å²) in [5.41, 5.74) is 5.81. The molecule has 0 aromatic heterocycles. The van der Waals surface area contributed by atoms with Crippen LogP contribution in [0.5, 0.6) is 5.75 Å². The number of rotatable bonds is 11. The highest BCUT2D eigenvalue weighted by atomic mass is 16.5. The average Bonchev–Trinajstić information content (AvgIpc) is 2.71. The van der Waals surface area contributed by atoms with Gasteiger partial charge in [0.25, 0.3) is 0 Å². The summed E-state index contributed by atoms with van der Waals surface area (Å²) in [6.07, 6.45) is 7.69. The molecular formula is C25H31NO. The van der Waals surface area contributed by atoms with Crippen LogP contribution in [0.3, 0.4) is 0 Å². The maximum atomic E-state index is 5.17. The van der Waals surface area contributed by atoms with E-state index in [4.69, 9.17) is 4.74 Å². The number of allylic oxidation sites excluding steroid dienone is 2. The summed E-state index contributed by atoms with van der Waals surface area (Å²) >= 11 is 0. The predicted molar refractivity (Wildman–Crippen MR) is 117 cm³/mol. The van der Waals surface area contributed by atoms with Gasteiger partial charge in [0.05, 0.1) is 7.11 Å². The van der Waals surface area contributed by atoms with Crippen molar-refractivity contribution in [3.05, 3.63) is 96.1 Å². The van der Waals surface area contributed by atoms with Crippen molar-refractivity contribution in [2.24, 2.45) is 0 Å². The first-order chi connectivity index (χ1) is 13.1. The van der Waals surface area contributed by atoms with E-state index in [2.05, 4.69) is 61.8 Å². The molecular weight excluding hydrogens is 330 g/mol. The van der Waals surface area contributed by atoms with Crippen LogP contribution in [0.15, 0.2) is 79.4 Å². The predicted octanol–water partition coefficient (Wildman–Crippen LogP) is 5.95. The van der Waals surface area contributed by atoms with Gasteiger partial charge in [-0.3, -0.25) is 0 Å². The summed E-state index contributed by atoms with van der Waals surface area (Å²) in [5, 5.41) is 3.41. The average molecular weight is 362 g/mol. The minimum absolute atomic E-state index is 0.742. The number of aryl methyl sites for hydroxylation is 1. The first-order valence-electron chi connectivity index (χ1n) is 9.60. The van der Waals surface area contributed by atoms with Gasteiger partial charge in [-0.15, -0.1) is 0 Å². The second kappa shape index (κ2) is 11.2. The molecule has 2 rings (SSSR count). The molecule has 0 fully saturated rings. The topological polar surface area (TPSA) is 21.3 Å².